The second-order valence-corrected chi connectivity index (χ2v) is 6.58. The maximum atomic E-state index is 6.23. The first-order valence-electron chi connectivity index (χ1n) is 6.75. The van der Waals surface area contributed by atoms with E-state index < -0.39 is 0 Å². The summed E-state index contributed by atoms with van der Waals surface area (Å²) in [4.78, 5) is 0. The van der Waals surface area contributed by atoms with Gasteiger partial charge in [-0.1, -0.05) is 27.2 Å². The molecule has 1 heterocycles. The summed E-state index contributed by atoms with van der Waals surface area (Å²) in [6.45, 7) is 9.92. The summed E-state index contributed by atoms with van der Waals surface area (Å²) in [5.74, 6) is 0.291. The average Bonchev–Trinajstić information content (AvgIpc) is 2.16. The molecule has 1 spiro atoms. The van der Waals surface area contributed by atoms with Crippen molar-refractivity contribution >= 4 is 0 Å². The van der Waals surface area contributed by atoms with E-state index in [2.05, 4.69) is 27.7 Å². The molecule has 16 heavy (non-hydrogen) atoms. The number of rotatable bonds is 0. The van der Waals surface area contributed by atoms with Crippen molar-refractivity contribution < 1.29 is 9.47 Å². The smallest absolute Gasteiger partial charge is 0.168 e. The Labute approximate surface area is 99.7 Å². The summed E-state index contributed by atoms with van der Waals surface area (Å²) in [5, 5.41) is 0. The Hall–Kier alpha value is -0.0800. The zero-order valence-corrected chi connectivity index (χ0v) is 11.2. The molecule has 0 N–H and O–H groups in total. The van der Waals surface area contributed by atoms with Crippen LogP contribution in [0, 0.1) is 11.3 Å². The normalized spacial score (nSPS) is 35.2. The first-order chi connectivity index (χ1) is 7.43. The highest BCUT2D eigenvalue weighted by Crippen LogP contribution is 2.42. The SMILES string of the molecule is CC1OC2(CCCCC2)OCC1C(C)(C)C. The molecule has 2 nitrogen and oxygen atoms in total. The third-order valence-electron chi connectivity index (χ3n) is 4.22. The number of ether oxygens (including phenoxy) is 2. The third-order valence-corrected chi connectivity index (χ3v) is 4.22. The molecule has 2 rings (SSSR count). The van der Waals surface area contributed by atoms with Crippen molar-refractivity contribution in [2.45, 2.75) is 71.7 Å². The number of hydrogen-bond acceptors (Lipinski definition) is 2. The van der Waals surface area contributed by atoms with Gasteiger partial charge in [0.2, 0.25) is 0 Å². The van der Waals surface area contributed by atoms with Crippen LogP contribution in [-0.2, 0) is 9.47 Å². The molecule has 1 saturated carbocycles. The summed E-state index contributed by atoms with van der Waals surface area (Å²) in [6.07, 6.45) is 6.36. The molecule has 2 atom stereocenters. The lowest BCUT2D eigenvalue weighted by Crippen LogP contribution is -2.52. The van der Waals surface area contributed by atoms with Gasteiger partial charge in [0.05, 0.1) is 12.7 Å². The first kappa shape index (κ1) is 12.4. The molecule has 1 aliphatic heterocycles. The standard InChI is InChI=1S/C14H26O2/c1-11-12(13(2,3)4)10-15-14(16-11)8-6-5-7-9-14/h11-12H,5-10H2,1-4H3. The van der Waals surface area contributed by atoms with Crippen LogP contribution in [-0.4, -0.2) is 18.5 Å². The molecule has 0 aromatic rings. The fraction of sp³-hybridized carbons (Fsp3) is 1.00. The van der Waals surface area contributed by atoms with Gasteiger partial charge in [0.1, 0.15) is 0 Å². The van der Waals surface area contributed by atoms with Crippen molar-refractivity contribution in [3.05, 3.63) is 0 Å². The molecule has 2 aliphatic rings. The lowest BCUT2D eigenvalue weighted by atomic mass is 9.77. The van der Waals surface area contributed by atoms with E-state index in [-0.39, 0.29) is 11.2 Å². The average molecular weight is 226 g/mol. The van der Waals surface area contributed by atoms with Crippen molar-refractivity contribution in [3.63, 3.8) is 0 Å². The lowest BCUT2D eigenvalue weighted by molar-refractivity contribution is -0.328. The molecule has 1 aliphatic carbocycles. The van der Waals surface area contributed by atoms with Crippen molar-refractivity contribution in [1.82, 2.24) is 0 Å². The summed E-state index contributed by atoms with van der Waals surface area (Å²) in [5.41, 5.74) is 0.274. The number of hydrogen-bond donors (Lipinski definition) is 0. The Balaban J connectivity index is 2.01. The fourth-order valence-corrected chi connectivity index (χ4v) is 3.14. The summed E-state index contributed by atoms with van der Waals surface area (Å²) in [6, 6.07) is 0. The largest absolute Gasteiger partial charge is 0.350 e. The van der Waals surface area contributed by atoms with Crippen molar-refractivity contribution in [2.75, 3.05) is 6.61 Å². The molecule has 2 heteroatoms. The quantitative estimate of drug-likeness (QED) is 0.626. The Morgan fingerprint density at radius 3 is 2.19 bits per heavy atom. The molecule has 0 aromatic carbocycles. The molecule has 0 radical (unpaired) electrons. The van der Waals surface area contributed by atoms with Crippen LogP contribution in [0.1, 0.15) is 59.8 Å². The molecular weight excluding hydrogens is 200 g/mol. The van der Waals surface area contributed by atoms with Crippen LogP contribution >= 0.6 is 0 Å². The molecule has 0 amide bonds. The van der Waals surface area contributed by atoms with E-state index in [1.807, 2.05) is 0 Å². The van der Waals surface area contributed by atoms with Gasteiger partial charge >= 0.3 is 0 Å². The van der Waals surface area contributed by atoms with E-state index in [1.165, 1.54) is 19.3 Å². The molecule has 2 unspecified atom stereocenters. The third kappa shape index (κ3) is 2.43. The van der Waals surface area contributed by atoms with Crippen LogP contribution in [0.5, 0.6) is 0 Å². The summed E-state index contributed by atoms with van der Waals surface area (Å²) >= 11 is 0. The Morgan fingerprint density at radius 1 is 1.06 bits per heavy atom. The van der Waals surface area contributed by atoms with E-state index in [1.54, 1.807) is 0 Å². The van der Waals surface area contributed by atoms with E-state index in [0.717, 1.165) is 19.4 Å². The van der Waals surface area contributed by atoms with Gasteiger partial charge in [-0.3, -0.25) is 0 Å². The van der Waals surface area contributed by atoms with Gasteiger partial charge in [0.25, 0.3) is 0 Å². The van der Waals surface area contributed by atoms with Gasteiger partial charge in [-0.25, -0.2) is 0 Å². The van der Waals surface area contributed by atoms with E-state index in [0.29, 0.717) is 12.0 Å². The Morgan fingerprint density at radius 2 is 1.69 bits per heavy atom. The molecule has 94 valence electrons. The maximum Gasteiger partial charge on any atom is 0.168 e. The zero-order valence-electron chi connectivity index (χ0n) is 11.2. The summed E-state index contributed by atoms with van der Waals surface area (Å²) < 4.78 is 12.3. The van der Waals surface area contributed by atoms with E-state index in [4.69, 9.17) is 9.47 Å². The van der Waals surface area contributed by atoms with Crippen molar-refractivity contribution in [1.29, 1.82) is 0 Å². The highest BCUT2D eigenvalue weighted by atomic mass is 16.7. The van der Waals surface area contributed by atoms with Crippen LogP contribution in [0.15, 0.2) is 0 Å². The minimum absolute atomic E-state index is 0.223. The molecule has 2 fully saturated rings. The fourth-order valence-electron chi connectivity index (χ4n) is 3.14. The molecule has 1 saturated heterocycles. The molecule has 0 aromatic heterocycles. The minimum Gasteiger partial charge on any atom is -0.350 e. The van der Waals surface area contributed by atoms with Gasteiger partial charge in [0, 0.05) is 18.8 Å². The van der Waals surface area contributed by atoms with Crippen LogP contribution in [0.3, 0.4) is 0 Å². The van der Waals surface area contributed by atoms with Crippen LogP contribution in [0.2, 0.25) is 0 Å². The summed E-state index contributed by atoms with van der Waals surface area (Å²) in [7, 11) is 0. The van der Waals surface area contributed by atoms with Gasteiger partial charge in [-0.15, -0.1) is 0 Å². The van der Waals surface area contributed by atoms with E-state index in [9.17, 15) is 0 Å². The van der Waals surface area contributed by atoms with Gasteiger partial charge in [0.15, 0.2) is 5.79 Å². The topological polar surface area (TPSA) is 18.5 Å². The van der Waals surface area contributed by atoms with Gasteiger partial charge in [-0.2, -0.15) is 0 Å². The van der Waals surface area contributed by atoms with E-state index >= 15 is 0 Å². The molecular formula is C14H26O2. The van der Waals surface area contributed by atoms with Crippen molar-refractivity contribution in [3.8, 4) is 0 Å². The van der Waals surface area contributed by atoms with Crippen LogP contribution in [0.25, 0.3) is 0 Å². The lowest BCUT2D eigenvalue weighted by Gasteiger charge is -2.49. The monoisotopic (exact) mass is 226 g/mol. The first-order valence-corrected chi connectivity index (χ1v) is 6.75. The van der Waals surface area contributed by atoms with Gasteiger partial charge in [-0.05, 0) is 25.2 Å². The van der Waals surface area contributed by atoms with Crippen LogP contribution in [0.4, 0.5) is 0 Å². The zero-order chi connectivity index (χ0) is 11.8. The van der Waals surface area contributed by atoms with Crippen molar-refractivity contribution in [2.24, 2.45) is 11.3 Å². The highest BCUT2D eigenvalue weighted by Gasteiger charge is 2.44. The minimum atomic E-state index is -0.223. The van der Waals surface area contributed by atoms with Crippen LogP contribution < -0.4 is 0 Å². The van der Waals surface area contributed by atoms with Gasteiger partial charge < -0.3 is 9.47 Å². The second kappa shape index (κ2) is 4.30. The molecule has 0 bridgehead atoms. The highest BCUT2D eigenvalue weighted by molar-refractivity contribution is 4.87. The second-order valence-electron chi connectivity index (χ2n) is 6.58. The predicted octanol–water partition coefficient (Wildman–Crippen LogP) is 3.74. The maximum absolute atomic E-state index is 6.23. The Kier molecular flexibility index (Phi) is 3.33. The predicted molar refractivity (Wildman–Crippen MR) is 65.3 cm³/mol. The Bertz CT molecular complexity index is 236.